The lowest BCUT2D eigenvalue weighted by atomic mass is 10.0. The van der Waals surface area contributed by atoms with Crippen LogP contribution >= 0.6 is 0 Å². The Labute approximate surface area is 141 Å². The molecule has 24 heavy (non-hydrogen) atoms. The summed E-state index contributed by atoms with van der Waals surface area (Å²) in [4.78, 5) is 2.50. The van der Waals surface area contributed by atoms with Crippen molar-refractivity contribution in [1.29, 1.82) is 0 Å². The minimum Gasteiger partial charge on any atom is -0.454 e. The Bertz CT molecular complexity index is 715. The molecule has 1 aromatic heterocycles. The van der Waals surface area contributed by atoms with Crippen molar-refractivity contribution in [2.75, 3.05) is 20.4 Å². The van der Waals surface area contributed by atoms with Crippen LogP contribution in [0.5, 0.6) is 11.5 Å². The molecule has 2 aromatic rings. The average Bonchev–Trinajstić information content (AvgIpc) is 3.29. The van der Waals surface area contributed by atoms with Gasteiger partial charge in [0.2, 0.25) is 6.79 Å². The highest BCUT2D eigenvalue weighted by atomic mass is 16.7. The number of hydrogen-bond donors (Lipinski definition) is 0. The van der Waals surface area contributed by atoms with Crippen LogP contribution in [0.4, 0.5) is 0 Å². The lowest BCUT2D eigenvalue weighted by molar-refractivity contribution is 0.0638. The zero-order chi connectivity index (χ0) is 16.5. The summed E-state index contributed by atoms with van der Waals surface area (Å²) < 4.78 is 18.5. The van der Waals surface area contributed by atoms with E-state index in [1.54, 1.807) is 0 Å². The van der Waals surface area contributed by atoms with Crippen molar-refractivity contribution in [3.05, 3.63) is 41.7 Å². The molecule has 6 nitrogen and oxygen atoms in total. The van der Waals surface area contributed by atoms with E-state index in [1.807, 2.05) is 31.1 Å². The van der Waals surface area contributed by atoms with Crippen LogP contribution in [0.1, 0.15) is 17.5 Å². The summed E-state index contributed by atoms with van der Waals surface area (Å²) in [5, 5.41) is 4.28. The van der Waals surface area contributed by atoms with E-state index in [4.69, 9.17) is 14.2 Å². The van der Waals surface area contributed by atoms with Crippen LogP contribution in [0.25, 0.3) is 0 Å². The average molecular weight is 329 g/mol. The molecule has 0 aliphatic carbocycles. The molecule has 1 aromatic carbocycles. The molecule has 0 saturated carbocycles. The molecule has 1 saturated heterocycles. The summed E-state index contributed by atoms with van der Waals surface area (Å²) in [6.07, 6.45) is 6.32. The van der Waals surface area contributed by atoms with Crippen LogP contribution < -0.4 is 9.47 Å². The smallest absolute Gasteiger partial charge is 0.231 e. The van der Waals surface area contributed by atoms with Gasteiger partial charge in [0.05, 0.1) is 12.3 Å². The van der Waals surface area contributed by atoms with E-state index >= 15 is 0 Å². The highest BCUT2D eigenvalue weighted by Crippen LogP contribution is 2.34. The van der Waals surface area contributed by atoms with E-state index in [1.165, 1.54) is 11.1 Å². The number of methoxy groups -OCH3 is 1. The molecule has 0 amide bonds. The molecule has 3 heterocycles. The van der Waals surface area contributed by atoms with Crippen LogP contribution in [0.15, 0.2) is 30.6 Å². The number of likely N-dealkylation sites (tertiary alicyclic amines) is 1. The SMILES string of the molecule is CO[C@H]1CCN(Cc2ccc3c(c2)OCO3)[C@H]1Cc1cnn(C)c1. The predicted octanol–water partition coefficient (Wildman–Crippen LogP) is 1.98. The number of benzene rings is 1. The Kier molecular flexibility index (Phi) is 4.16. The Hall–Kier alpha value is -2.05. The number of aromatic nitrogens is 2. The molecule has 2 aliphatic heterocycles. The number of nitrogens with zero attached hydrogens (tertiary/aromatic N) is 3. The molecule has 0 bridgehead atoms. The maximum absolute atomic E-state index is 5.73. The summed E-state index contributed by atoms with van der Waals surface area (Å²) in [5.41, 5.74) is 2.49. The van der Waals surface area contributed by atoms with E-state index in [9.17, 15) is 0 Å². The Balaban J connectivity index is 1.50. The lowest BCUT2D eigenvalue weighted by Crippen LogP contribution is -2.37. The highest BCUT2D eigenvalue weighted by Gasteiger charge is 2.34. The highest BCUT2D eigenvalue weighted by molar-refractivity contribution is 5.44. The van der Waals surface area contributed by atoms with Crippen molar-refractivity contribution < 1.29 is 14.2 Å². The van der Waals surface area contributed by atoms with Gasteiger partial charge in [0.1, 0.15) is 0 Å². The molecule has 4 rings (SSSR count). The minimum atomic E-state index is 0.263. The molecule has 2 atom stereocenters. The van der Waals surface area contributed by atoms with Crippen LogP contribution in [0, 0.1) is 0 Å². The molecular formula is C18H23N3O3. The fourth-order valence-electron chi connectivity index (χ4n) is 3.71. The quantitative estimate of drug-likeness (QED) is 0.839. The second-order valence-electron chi connectivity index (χ2n) is 6.51. The predicted molar refractivity (Wildman–Crippen MR) is 89.1 cm³/mol. The van der Waals surface area contributed by atoms with E-state index in [0.29, 0.717) is 12.8 Å². The number of aryl methyl sites for hydroxylation is 1. The van der Waals surface area contributed by atoms with E-state index in [0.717, 1.165) is 37.4 Å². The zero-order valence-corrected chi connectivity index (χ0v) is 14.1. The van der Waals surface area contributed by atoms with Crippen molar-refractivity contribution in [3.8, 4) is 11.5 Å². The second-order valence-corrected chi connectivity index (χ2v) is 6.51. The van der Waals surface area contributed by atoms with Crippen molar-refractivity contribution in [1.82, 2.24) is 14.7 Å². The van der Waals surface area contributed by atoms with Crippen LogP contribution in [-0.2, 0) is 24.8 Å². The summed E-state index contributed by atoms with van der Waals surface area (Å²) in [6, 6.07) is 6.57. The van der Waals surface area contributed by atoms with Gasteiger partial charge in [-0.3, -0.25) is 9.58 Å². The monoisotopic (exact) mass is 329 g/mol. The van der Waals surface area contributed by atoms with Crippen molar-refractivity contribution >= 4 is 0 Å². The second kappa shape index (κ2) is 6.45. The Morgan fingerprint density at radius 2 is 2.12 bits per heavy atom. The van der Waals surface area contributed by atoms with Gasteiger partial charge in [-0.15, -0.1) is 0 Å². The van der Waals surface area contributed by atoms with Gasteiger partial charge < -0.3 is 14.2 Å². The molecule has 1 fully saturated rings. The number of fused-ring (bicyclic) bond motifs is 1. The number of rotatable bonds is 5. The largest absolute Gasteiger partial charge is 0.454 e. The first-order valence-electron chi connectivity index (χ1n) is 8.36. The van der Waals surface area contributed by atoms with Gasteiger partial charge in [-0.2, -0.15) is 5.10 Å². The minimum absolute atomic E-state index is 0.263. The van der Waals surface area contributed by atoms with Gasteiger partial charge in [0.25, 0.3) is 0 Å². The topological polar surface area (TPSA) is 48.8 Å². The first kappa shape index (κ1) is 15.5. The molecular weight excluding hydrogens is 306 g/mol. The van der Waals surface area contributed by atoms with E-state index in [2.05, 4.69) is 28.3 Å². The zero-order valence-electron chi connectivity index (χ0n) is 14.1. The van der Waals surface area contributed by atoms with Crippen molar-refractivity contribution in [2.24, 2.45) is 7.05 Å². The van der Waals surface area contributed by atoms with Gasteiger partial charge in [-0.1, -0.05) is 6.07 Å². The molecule has 0 spiro atoms. The third kappa shape index (κ3) is 2.99. The standard InChI is InChI=1S/C18H23N3O3/c1-20-10-14(9-19-20)7-15-16(22-2)5-6-21(15)11-13-3-4-17-18(8-13)24-12-23-17/h3-4,8-10,15-16H,5-7,11-12H2,1-2H3/t15-,16-/m0/s1. The van der Waals surface area contributed by atoms with E-state index in [-0.39, 0.29) is 6.10 Å². The Morgan fingerprint density at radius 3 is 2.92 bits per heavy atom. The summed E-state index contributed by atoms with van der Waals surface area (Å²) in [5.74, 6) is 1.68. The first-order chi connectivity index (χ1) is 11.7. The first-order valence-corrected chi connectivity index (χ1v) is 8.36. The van der Waals surface area contributed by atoms with Crippen molar-refractivity contribution in [3.63, 3.8) is 0 Å². The third-order valence-corrected chi connectivity index (χ3v) is 4.93. The van der Waals surface area contributed by atoms with Gasteiger partial charge in [-0.05, 0) is 36.1 Å². The van der Waals surface area contributed by atoms with Gasteiger partial charge in [0.15, 0.2) is 11.5 Å². The number of ether oxygens (including phenoxy) is 3. The normalized spacial score (nSPS) is 23.1. The molecule has 128 valence electrons. The van der Waals surface area contributed by atoms with Crippen LogP contribution in [-0.4, -0.2) is 47.3 Å². The summed E-state index contributed by atoms with van der Waals surface area (Å²) >= 11 is 0. The van der Waals surface area contributed by atoms with Crippen molar-refractivity contribution in [2.45, 2.75) is 31.5 Å². The lowest BCUT2D eigenvalue weighted by Gasteiger charge is -2.27. The van der Waals surface area contributed by atoms with Crippen LogP contribution in [0.3, 0.4) is 0 Å². The van der Waals surface area contributed by atoms with Gasteiger partial charge in [-0.25, -0.2) is 0 Å². The Morgan fingerprint density at radius 1 is 1.25 bits per heavy atom. The van der Waals surface area contributed by atoms with Gasteiger partial charge in [0, 0.05) is 39.5 Å². The maximum atomic E-state index is 5.73. The molecule has 0 radical (unpaired) electrons. The fourth-order valence-corrected chi connectivity index (χ4v) is 3.71. The molecule has 2 aliphatic rings. The summed E-state index contributed by atoms with van der Waals surface area (Å²) in [7, 11) is 3.77. The summed E-state index contributed by atoms with van der Waals surface area (Å²) in [6.45, 7) is 2.25. The fraction of sp³-hybridized carbons (Fsp3) is 0.500. The van der Waals surface area contributed by atoms with Crippen LogP contribution in [0.2, 0.25) is 0 Å². The van der Waals surface area contributed by atoms with E-state index < -0.39 is 0 Å². The molecule has 0 unspecified atom stereocenters. The molecule has 6 heteroatoms. The maximum Gasteiger partial charge on any atom is 0.231 e. The third-order valence-electron chi connectivity index (χ3n) is 4.93. The molecule has 0 N–H and O–H groups in total. The van der Waals surface area contributed by atoms with Gasteiger partial charge >= 0.3 is 0 Å². The number of hydrogen-bond acceptors (Lipinski definition) is 5.